The van der Waals surface area contributed by atoms with Crippen LogP contribution in [0.25, 0.3) is 11.3 Å². The lowest BCUT2D eigenvalue weighted by Gasteiger charge is -2.35. The van der Waals surface area contributed by atoms with Gasteiger partial charge in [-0.25, -0.2) is 4.98 Å². The molecule has 1 fully saturated rings. The molecule has 1 saturated heterocycles. The smallest absolute Gasteiger partial charge is 0.237 e. The van der Waals surface area contributed by atoms with Gasteiger partial charge in [-0.3, -0.25) is 9.62 Å². The highest BCUT2D eigenvalue weighted by Gasteiger charge is 2.34. The van der Waals surface area contributed by atoms with Crippen molar-refractivity contribution in [3.63, 3.8) is 0 Å². The number of nitrogens with one attached hydrogen (secondary N) is 1. The second-order valence-corrected chi connectivity index (χ2v) is 14.3. The predicted octanol–water partition coefficient (Wildman–Crippen LogP) is 8.67. The fourth-order valence-electron chi connectivity index (χ4n) is 6.26. The molecule has 0 amide bonds. The standard InChI is InChI=1S/C34H46N4OS/c1-22(2)16-27-17-26-18-28(21-38(27)15-14-34(5,6)7)39-31-20-30(32-23(3)10-8-11-24(32)4)35-33(36-31)37-40-29-13-9-12-25(26)19-29/h8-13,19-20,22,26-28H,14-18,21H2,1-7H3,(H,35,36,37)/t26?,27-,28-/m0/s1. The minimum Gasteiger partial charge on any atom is -0.473 e. The minimum absolute atomic E-state index is 0.0476. The Morgan fingerprint density at radius 1 is 1.02 bits per heavy atom. The Balaban J connectivity index is 1.57. The summed E-state index contributed by atoms with van der Waals surface area (Å²) in [5, 5.41) is 0. The summed E-state index contributed by atoms with van der Waals surface area (Å²) in [6.07, 6.45) is 4.57. The third-order valence-electron chi connectivity index (χ3n) is 8.27. The molecule has 0 saturated carbocycles. The second-order valence-electron chi connectivity index (χ2n) is 13.5. The Morgan fingerprint density at radius 3 is 2.50 bits per heavy atom. The van der Waals surface area contributed by atoms with Crippen molar-refractivity contribution in [2.45, 2.75) is 97.1 Å². The van der Waals surface area contributed by atoms with Gasteiger partial charge in [-0.05, 0) is 104 Å². The summed E-state index contributed by atoms with van der Waals surface area (Å²) < 4.78 is 10.3. The van der Waals surface area contributed by atoms with E-state index in [0.717, 1.165) is 37.2 Å². The van der Waals surface area contributed by atoms with E-state index in [1.165, 1.54) is 34.4 Å². The maximum absolute atomic E-state index is 6.87. The largest absolute Gasteiger partial charge is 0.473 e. The first kappa shape index (κ1) is 28.9. The van der Waals surface area contributed by atoms with Crippen molar-refractivity contribution >= 4 is 17.9 Å². The molecule has 1 unspecified atom stereocenters. The molecule has 1 aromatic heterocycles. The SMILES string of the molecule is Cc1cccc(C)c1-c1cc2nc(n1)NSc1cccc(c1)C1C[C@@H](CN(CCC(C)(C)C)[C@@H](CC(C)C)C1)O2. The molecule has 214 valence electrons. The summed E-state index contributed by atoms with van der Waals surface area (Å²) in [5.41, 5.74) is 6.17. The van der Waals surface area contributed by atoms with E-state index in [-0.39, 0.29) is 6.10 Å². The highest BCUT2D eigenvalue weighted by atomic mass is 32.2. The third kappa shape index (κ3) is 7.19. The van der Waals surface area contributed by atoms with Gasteiger partial charge in [0.1, 0.15) is 6.10 Å². The summed E-state index contributed by atoms with van der Waals surface area (Å²) in [4.78, 5) is 13.7. The number of fused-ring (bicyclic) bond motifs is 7. The van der Waals surface area contributed by atoms with Gasteiger partial charge in [-0.2, -0.15) is 4.98 Å². The summed E-state index contributed by atoms with van der Waals surface area (Å²) in [6, 6.07) is 18.0. The summed E-state index contributed by atoms with van der Waals surface area (Å²) in [5.74, 6) is 2.32. The molecule has 5 rings (SSSR count). The third-order valence-corrected chi connectivity index (χ3v) is 9.04. The van der Waals surface area contributed by atoms with E-state index in [1.54, 1.807) is 11.9 Å². The highest BCUT2D eigenvalue weighted by molar-refractivity contribution is 8.00. The zero-order valence-corrected chi connectivity index (χ0v) is 26.1. The molecule has 3 heterocycles. The number of nitrogens with zero attached hydrogens (tertiary/aromatic N) is 3. The van der Waals surface area contributed by atoms with Gasteiger partial charge in [0.15, 0.2) is 0 Å². The Morgan fingerprint density at radius 2 is 1.77 bits per heavy atom. The van der Waals surface area contributed by atoms with Crippen molar-refractivity contribution in [1.82, 2.24) is 14.9 Å². The van der Waals surface area contributed by atoms with Crippen LogP contribution in [0.2, 0.25) is 0 Å². The number of aryl methyl sites for hydroxylation is 2. The Hall–Kier alpha value is -2.57. The summed E-state index contributed by atoms with van der Waals surface area (Å²) >= 11 is 1.58. The molecule has 2 aromatic carbocycles. The van der Waals surface area contributed by atoms with E-state index in [9.17, 15) is 0 Å². The first-order valence-electron chi connectivity index (χ1n) is 14.9. The molecular formula is C34H46N4OS. The van der Waals surface area contributed by atoms with E-state index in [1.807, 2.05) is 6.07 Å². The molecule has 1 N–H and O–H groups in total. The van der Waals surface area contributed by atoms with E-state index >= 15 is 0 Å². The quantitative estimate of drug-likeness (QED) is 0.316. The average Bonchev–Trinajstić information content (AvgIpc) is 3.04. The van der Waals surface area contributed by atoms with Gasteiger partial charge >= 0.3 is 0 Å². The van der Waals surface area contributed by atoms with Crippen LogP contribution in [-0.2, 0) is 0 Å². The zero-order chi connectivity index (χ0) is 28.4. The first-order chi connectivity index (χ1) is 19.0. The van der Waals surface area contributed by atoms with Gasteiger partial charge < -0.3 is 4.74 Å². The zero-order valence-electron chi connectivity index (χ0n) is 25.3. The average molecular weight is 559 g/mol. The van der Waals surface area contributed by atoms with Crippen molar-refractivity contribution in [2.75, 3.05) is 17.8 Å². The van der Waals surface area contributed by atoms with Crippen LogP contribution in [-0.4, -0.2) is 40.1 Å². The molecule has 6 heteroatoms. The normalized spacial score (nSPS) is 21.6. The van der Waals surface area contributed by atoms with Crippen molar-refractivity contribution in [1.29, 1.82) is 0 Å². The number of hydrogen-bond donors (Lipinski definition) is 1. The molecule has 2 aliphatic rings. The Labute approximate surface area is 245 Å². The topological polar surface area (TPSA) is 50.3 Å². The molecular weight excluding hydrogens is 512 g/mol. The van der Waals surface area contributed by atoms with Gasteiger partial charge in [0.25, 0.3) is 0 Å². The lowest BCUT2D eigenvalue weighted by Crippen LogP contribution is -2.42. The summed E-state index contributed by atoms with van der Waals surface area (Å²) in [6.45, 7) is 18.1. The number of ether oxygens (including phenoxy) is 1. The Bertz CT molecular complexity index is 1300. The lowest BCUT2D eigenvalue weighted by atomic mass is 9.86. The van der Waals surface area contributed by atoms with Gasteiger partial charge in [0.2, 0.25) is 11.8 Å². The van der Waals surface area contributed by atoms with Crippen LogP contribution >= 0.6 is 11.9 Å². The molecule has 0 spiro atoms. The van der Waals surface area contributed by atoms with Crippen molar-refractivity contribution in [2.24, 2.45) is 11.3 Å². The molecule has 6 bridgehead atoms. The van der Waals surface area contributed by atoms with Gasteiger partial charge in [-0.1, -0.05) is 65.0 Å². The first-order valence-corrected chi connectivity index (χ1v) is 15.7. The van der Waals surface area contributed by atoms with Crippen LogP contribution in [0.1, 0.15) is 82.9 Å². The van der Waals surface area contributed by atoms with E-state index in [4.69, 9.17) is 14.7 Å². The molecule has 0 radical (unpaired) electrons. The number of anilines is 1. The Kier molecular flexibility index (Phi) is 8.77. The van der Waals surface area contributed by atoms with E-state index in [0.29, 0.717) is 35.1 Å². The molecule has 3 atom stereocenters. The van der Waals surface area contributed by atoms with Crippen LogP contribution in [0, 0.1) is 25.2 Å². The second kappa shape index (κ2) is 12.1. The van der Waals surface area contributed by atoms with Crippen LogP contribution in [0.15, 0.2) is 53.4 Å². The highest BCUT2D eigenvalue weighted by Crippen LogP contribution is 2.38. The van der Waals surface area contributed by atoms with E-state index in [2.05, 4.69) is 101 Å². The number of rotatable bonds is 5. The van der Waals surface area contributed by atoms with Crippen molar-refractivity contribution in [3.8, 4) is 17.1 Å². The molecule has 0 aliphatic carbocycles. The maximum Gasteiger partial charge on any atom is 0.237 e. The maximum atomic E-state index is 6.87. The van der Waals surface area contributed by atoms with Crippen LogP contribution in [0.3, 0.4) is 0 Å². The number of benzene rings is 2. The number of hydrogen-bond acceptors (Lipinski definition) is 6. The van der Waals surface area contributed by atoms with Crippen molar-refractivity contribution < 1.29 is 4.74 Å². The van der Waals surface area contributed by atoms with Gasteiger partial charge in [0, 0.05) is 29.1 Å². The van der Waals surface area contributed by atoms with Gasteiger partial charge in [0.05, 0.1) is 5.69 Å². The molecule has 5 nitrogen and oxygen atoms in total. The summed E-state index contributed by atoms with van der Waals surface area (Å²) in [7, 11) is 0. The minimum atomic E-state index is 0.0476. The number of aromatic nitrogens is 2. The van der Waals surface area contributed by atoms with E-state index < -0.39 is 0 Å². The molecule has 2 aliphatic heterocycles. The fraction of sp³-hybridized carbons (Fsp3) is 0.529. The van der Waals surface area contributed by atoms with Crippen LogP contribution < -0.4 is 9.46 Å². The molecule has 3 aromatic rings. The fourth-order valence-corrected chi connectivity index (χ4v) is 6.90. The monoisotopic (exact) mass is 558 g/mol. The van der Waals surface area contributed by atoms with Crippen molar-refractivity contribution in [3.05, 3.63) is 65.2 Å². The van der Waals surface area contributed by atoms with Gasteiger partial charge in [-0.15, -0.1) is 0 Å². The lowest BCUT2D eigenvalue weighted by molar-refractivity contribution is 0.0960. The molecule has 40 heavy (non-hydrogen) atoms. The number of likely N-dealkylation sites (tertiary alicyclic amines) is 1. The van der Waals surface area contributed by atoms with Crippen LogP contribution in [0.5, 0.6) is 5.88 Å². The van der Waals surface area contributed by atoms with Crippen LogP contribution in [0.4, 0.5) is 5.95 Å². The predicted molar refractivity (Wildman–Crippen MR) is 168 cm³/mol.